The molecule has 0 saturated carbocycles. The molecule has 1 aromatic heterocycles. The zero-order chi connectivity index (χ0) is 21.5. The number of benzene rings is 2. The molecular formula is C22H24Cl2N4O2. The molecule has 30 heavy (non-hydrogen) atoms. The van der Waals surface area contributed by atoms with Crippen LogP contribution in [0.3, 0.4) is 0 Å². The molecule has 0 radical (unpaired) electrons. The minimum absolute atomic E-state index is 0.234. The fourth-order valence-electron chi connectivity index (χ4n) is 3.19. The van der Waals surface area contributed by atoms with Crippen LogP contribution < -0.4 is 16.0 Å². The van der Waals surface area contributed by atoms with Crippen LogP contribution in [0, 0.1) is 0 Å². The van der Waals surface area contributed by atoms with Crippen LogP contribution in [-0.2, 0) is 11.3 Å². The van der Waals surface area contributed by atoms with Crippen molar-refractivity contribution in [2.75, 3.05) is 37.4 Å². The van der Waals surface area contributed by atoms with Crippen molar-refractivity contribution in [1.29, 1.82) is 0 Å². The quantitative estimate of drug-likeness (QED) is 0.404. The van der Waals surface area contributed by atoms with Crippen LogP contribution >= 0.6 is 23.2 Å². The molecule has 0 aliphatic rings. The maximum absolute atomic E-state index is 12.8. The van der Waals surface area contributed by atoms with Gasteiger partial charge in [-0.15, -0.1) is 0 Å². The van der Waals surface area contributed by atoms with Crippen molar-refractivity contribution in [3.8, 4) is 0 Å². The number of nitrogens with zero attached hydrogens (tertiary/aromatic N) is 1. The second-order valence-corrected chi connectivity index (χ2v) is 7.44. The lowest BCUT2D eigenvalue weighted by Gasteiger charge is -2.16. The molecule has 0 fully saturated rings. The van der Waals surface area contributed by atoms with E-state index in [1.165, 1.54) is 0 Å². The van der Waals surface area contributed by atoms with E-state index in [0.29, 0.717) is 27.9 Å². The maximum atomic E-state index is 12.8. The van der Waals surface area contributed by atoms with Crippen LogP contribution in [0.1, 0.15) is 22.8 Å². The molecule has 8 heteroatoms. The molecule has 0 unspecified atom stereocenters. The Morgan fingerprint density at radius 2 is 1.83 bits per heavy atom. The van der Waals surface area contributed by atoms with Gasteiger partial charge in [-0.2, -0.15) is 0 Å². The number of nitrogens with one attached hydrogen (secondary N) is 3. The standard InChI is InChI=1S/C22H24Cl2N4O2/c1-3-25-10-11-26-20-14(13-30-2)12-27-21-15(20)6-4-9-18(21)28-22(29)19-16(23)7-5-8-17(19)24/h4-9,12,25H,3,10-11,13H2,1-2H3,(H,26,27)(H,28,29). The van der Waals surface area contributed by atoms with Gasteiger partial charge in [-0.25, -0.2) is 0 Å². The Kier molecular flexibility index (Phi) is 7.87. The summed E-state index contributed by atoms with van der Waals surface area (Å²) in [6, 6.07) is 10.6. The fraction of sp³-hybridized carbons (Fsp3) is 0.273. The number of pyridine rings is 1. The number of carbonyl (C=O) groups excluding carboxylic acids is 1. The van der Waals surface area contributed by atoms with Crippen LogP contribution in [0.2, 0.25) is 10.0 Å². The summed E-state index contributed by atoms with van der Waals surface area (Å²) in [7, 11) is 1.65. The molecule has 1 amide bonds. The number of likely N-dealkylation sites (N-methyl/N-ethyl adjacent to an activating group) is 1. The smallest absolute Gasteiger partial charge is 0.258 e. The van der Waals surface area contributed by atoms with Gasteiger partial charge in [0.05, 0.1) is 39.1 Å². The summed E-state index contributed by atoms with van der Waals surface area (Å²) in [5.41, 5.74) is 3.36. The Balaban J connectivity index is 1.97. The van der Waals surface area contributed by atoms with Crippen molar-refractivity contribution < 1.29 is 9.53 Å². The zero-order valence-electron chi connectivity index (χ0n) is 16.9. The third-order valence-corrected chi connectivity index (χ3v) is 5.20. The highest BCUT2D eigenvalue weighted by molar-refractivity contribution is 6.40. The molecule has 0 bridgehead atoms. The van der Waals surface area contributed by atoms with Gasteiger partial charge in [0, 0.05) is 37.3 Å². The second kappa shape index (κ2) is 10.6. The van der Waals surface area contributed by atoms with E-state index in [4.69, 9.17) is 27.9 Å². The van der Waals surface area contributed by atoms with Gasteiger partial charge in [-0.05, 0) is 24.7 Å². The highest BCUT2D eigenvalue weighted by atomic mass is 35.5. The van der Waals surface area contributed by atoms with Crippen molar-refractivity contribution in [2.24, 2.45) is 0 Å². The Hall–Kier alpha value is -2.38. The molecule has 3 aromatic rings. The molecule has 3 rings (SSSR count). The number of fused-ring (bicyclic) bond motifs is 1. The highest BCUT2D eigenvalue weighted by Crippen LogP contribution is 2.32. The number of hydrogen-bond acceptors (Lipinski definition) is 5. The van der Waals surface area contributed by atoms with E-state index >= 15 is 0 Å². The van der Waals surface area contributed by atoms with Crippen molar-refractivity contribution in [3.05, 3.63) is 63.8 Å². The van der Waals surface area contributed by atoms with E-state index in [9.17, 15) is 4.79 Å². The Labute approximate surface area is 185 Å². The maximum Gasteiger partial charge on any atom is 0.258 e. The number of ether oxygens (including phenoxy) is 1. The van der Waals surface area contributed by atoms with Gasteiger partial charge in [0.1, 0.15) is 0 Å². The summed E-state index contributed by atoms with van der Waals surface area (Å²) < 4.78 is 5.33. The monoisotopic (exact) mass is 446 g/mol. The van der Waals surface area contributed by atoms with E-state index in [1.807, 2.05) is 12.1 Å². The minimum Gasteiger partial charge on any atom is -0.383 e. The van der Waals surface area contributed by atoms with Crippen molar-refractivity contribution in [3.63, 3.8) is 0 Å². The molecule has 0 aliphatic heterocycles. The molecule has 3 N–H and O–H groups in total. The predicted molar refractivity (Wildman–Crippen MR) is 124 cm³/mol. The summed E-state index contributed by atoms with van der Waals surface area (Å²) in [6.45, 7) is 4.98. The van der Waals surface area contributed by atoms with Gasteiger partial charge in [0.25, 0.3) is 5.91 Å². The van der Waals surface area contributed by atoms with Gasteiger partial charge in [0.2, 0.25) is 0 Å². The number of anilines is 2. The molecule has 0 atom stereocenters. The average Bonchev–Trinajstić information content (AvgIpc) is 2.72. The van der Waals surface area contributed by atoms with Crippen molar-refractivity contribution in [2.45, 2.75) is 13.5 Å². The molecule has 2 aromatic carbocycles. The topological polar surface area (TPSA) is 75.3 Å². The third kappa shape index (κ3) is 5.02. The van der Waals surface area contributed by atoms with Gasteiger partial charge in [-0.3, -0.25) is 9.78 Å². The SMILES string of the molecule is CCNCCNc1c(COC)cnc2c(NC(=O)c3c(Cl)cccc3Cl)cccc12. The predicted octanol–water partition coefficient (Wildman–Crippen LogP) is 4.96. The first-order valence-electron chi connectivity index (χ1n) is 9.66. The molecule has 0 spiro atoms. The van der Waals surface area contributed by atoms with Gasteiger partial charge in [0.15, 0.2) is 0 Å². The molecule has 1 heterocycles. The van der Waals surface area contributed by atoms with Gasteiger partial charge < -0.3 is 20.7 Å². The summed E-state index contributed by atoms with van der Waals surface area (Å²) in [5.74, 6) is -0.387. The van der Waals surface area contributed by atoms with Crippen LogP contribution in [0.25, 0.3) is 10.9 Å². The van der Waals surface area contributed by atoms with Crippen LogP contribution in [0.5, 0.6) is 0 Å². The van der Waals surface area contributed by atoms with Crippen LogP contribution in [-0.4, -0.2) is 37.6 Å². The lowest BCUT2D eigenvalue weighted by atomic mass is 10.1. The zero-order valence-corrected chi connectivity index (χ0v) is 18.4. The van der Waals surface area contributed by atoms with Crippen LogP contribution in [0.15, 0.2) is 42.6 Å². The van der Waals surface area contributed by atoms with E-state index in [-0.39, 0.29) is 11.5 Å². The van der Waals surface area contributed by atoms with Gasteiger partial charge in [-0.1, -0.05) is 48.3 Å². The number of halogens is 2. The first-order valence-corrected chi connectivity index (χ1v) is 10.4. The number of aromatic nitrogens is 1. The van der Waals surface area contributed by atoms with E-state index in [2.05, 4.69) is 27.9 Å². The average molecular weight is 447 g/mol. The lowest BCUT2D eigenvalue weighted by Crippen LogP contribution is -2.22. The Morgan fingerprint density at radius 1 is 1.10 bits per heavy atom. The number of para-hydroxylation sites is 1. The Morgan fingerprint density at radius 3 is 2.53 bits per heavy atom. The minimum atomic E-state index is -0.387. The third-order valence-electron chi connectivity index (χ3n) is 4.57. The molecular weight excluding hydrogens is 423 g/mol. The van der Waals surface area contributed by atoms with Crippen molar-refractivity contribution in [1.82, 2.24) is 10.3 Å². The van der Waals surface area contributed by atoms with E-state index in [1.54, 1.807) is 37.6 Å². The largest absolute Gasteiger partial charge is 0.383 e. The number of methoxy groups -OCH3 is 1. The number of carbonyl (C=O) groups is 1. The second-order valence-electron chi connectivity index (χ2n) is 6.62. The molecule has 158 valence electrons. The fourth-order valence-corrected chi connectivity index (χ4v) is 3.76. The lowest BCUT2D eigenvalue weighted by molar-refractivity contribution is 0.102. The first kappa shape index (κ1) is 22.3. The summed E-state index contributed by atoms with van der Waals surface area (Å²) in [4.78, 5) is 17.4. The molecule has 0 aliphatic carbocycles. The summed E-state index contributed by atoms with van der Waals surface area (Å²) >= 11 is 12.4. The number of amides is 1. The highest BCUT2D eigenvalue weighted by Gasteiger charge is 2.17. The van der Waals surface area contributed by atoms with Crippen molar-refractivity contribution >= 4 is 51.4 Å². The van der Waals surface area contributed by atoms with E-state index < -0.39 is 0 Å². The van der Waals surface area contributed by atoms with Gasteiger partial charge >= 0.3 is 0 Å². The summed E-state index contributed by atoms with van der Waals surface area (Å²) in [5, 5.41) is 11.1. The van der Waals surface area contributed by atoms with E-state index in [0.717, 1.165) is 36.3 Å². The Bertz CT molecular complexity index is 1020. The number of rotatable bonds is 9. The first-order chi connectivity index (χ1) is 14.6. The molecule has 0 saturated heterocycles. The number of hydrogen-bond donors (Lipinski definition) is 3. The molecule has 6 nitrogen and oxygen atoms in total. The summed E-state index contributed by atoms with van der Waals surface area (Å²) in [6.07, 6.45) is 1.76. The van der Waals surface area contributed by atoms with Crippen LogP contribution in [0.4, 0.5) is 11.4 Å². The normalized spacial score (nSPS) is 10.9.